The second-order valence-corrected chi connectivity index (χ2v) is 6.99. The van der Waals surface area contributed by atoms with Crippen molar-refractivity contribution < 1.29 is 12.8 Å². The summed E-state index contributed by atoms with van der Waals surface area (Å²) in [6.45, 7) is 1.76. The average Bonchev–Trinajstić information content (AvgIpc) is 2.72. The van der Waals surface area contributed by atoms with Gasteiger partial charge < -0.3 is 0 Å². The van der Waals surface area contributed by atoms with Crippen molar-refractivity contribution in [1.82, 2.24) is 9.78 Å². The van der Waals surface area contributed by atoms with Crippen LogP contribution in [0.15, 0.2) is 34.9 Å². The molecular weight excluding hydrogens is 349 g/mol. The maximum Gasteiger partial charge on any atom is 0.233 e. The lowest BCUT2D eigenvalue weighted by Crippen LogP contribution is -2.15. The molecule has 5 nitrogen and oxygen atoms in total. The van der Waals surface area contributed by atoms with Crippen LogP contribution in [0.2, 0.25) is 0 Å². The SMILES string of the molecule is CCS(=O)(=O)Nc1nn(Cc2ccccc2F)cc1Br. The third-order valence-electron chi connectivity index (χ3n) is 2.64. The molecule has 0 aliphatic heterocycles. The lowest BCUT2D eigenvalue weighted by atomic mass is 10.2. The van der Waals surface area contributed by atoms with Crippen LogP contribution in [0.1, 0.15) is 12.5 Å². The molecule has 0 fully saturated rings. The van der Waals surface area contributed by atoms with Crippen molar-refractivity contribution in [2.45, 2.75) is 13.5 Å². The number of rotatable bonds is 5. The molecular formula is C12H13BrFN3O2S. The number of sulfonamides is 1. The van der Waals surface area contributed by atoms with Gasteiger partial charge in [0.2, 0.25) is 10.0 Å². The van der Waals surface area contributed by atoms with E-state index >= 15 is 0 Å². The molecule has 0 radical (unpaired) electrons. The van der Waals surface area contributed by atoms with Crippen LogP contribution in [0, 0.1) is 5.82 Å². The molecule has 2 rings (SSSR count). The molecule has 0 saturated heterocycles. The van der Waals surface area contributed by atoms with E-state index in [1.54, 1.807) is 24.4 Å². The van der Waals surface area contributed by atoms with E-state index in [9.17, 15) is 12.8 Å². The molecule has 1 aromatic carbocycles. The smallest absolute Gasteiger partial charge is 0.233 e. The monoisotopic (exact) mass is 361 g/mol. The van der Waals surface area contributed by atoms with E-state index < -0.39 is 10.0 Å². The predicted octanol–water partition coefficient (Wildman–Crippen LogP) is 2.59. The lowest BCUT2D eigenvalue weighted by Gasteiger charge is -2.04. The van der Waals surface area contributed by atoms with Crippen molar-refractivity contribution in [2.75, 3.05) is 10.5 Å². The standard InChI is InChI=1S/C12H13BrFN3O2S/c1-2-20(18,19)16-12-10(13)8-17(15-12)7-9-5-3-4-6-11(9)14/h3-6,8H,2,7H2,1H3,(H,15,16). The Balaban J connectivity index is 2.22. The number of hydrogen-bond donors (Lipinski definition) is 1. The van der Waals surface area contributed by atoms with Gasteiger partial charge in [-0.25, -0.2) is 12.8 Å². The van der Waals surface area contributed by atoms with E-state index in [0.717, 1.165) is 0 Å². The second-order valence-electron chi connectivity index (χ2n) is 4.12. The van der Waals surface area contributed by atoms with Crippen LogP contribution in [0.3, 0.4) is 0 Å². The van der Waals surface area contributed by atoms with Gasteiger partial charge in [0.25, 0.3) is 0 Å². The number of anilines is 1. The van der Waals surface area contributed by atoms with Gasteiger partial charge in [0.1, 0.15) is 5.82 Å². The summed E-state index contributed by atoms with van der Waals surface area (Å²) in [4.78, 5) is 0. The third kappa shape index (κ3) is 3.57. The summed E-state index contributed by atoms with van der Waals surface area (Å²) < 4.78 is 40.9. The molecule has 0 atom stereocenters. The van der Waals surface area contributed by atoms with Gasteiger partial charge in [0, 0.05) is 11.8 Å². The highest BCUT2D eigenvalue weighted by Crippen LogP contribution is 2.22. The zero-order valence-electron chi connectivity index (χ0n) is 10.7. The third-order valence-corrected chi connectivity index (χ3v) is 4.48. The maximum absolute atomic E-state index is 13.5. The summed E-state index contributed by atoms with van der Waals surface area (Å²) in [5.41, 5.74) is 0.479. The first-order valence-electron chi connectivity index (χ1n) is 5.88. The lowest BCUT2D eigenvalue weighted by molar-refractivity contribution is 0.585. The van der Waals surface area contributed by atoms with Gasteiger partial charge in [-0.05, 0) is 28.9 Å². The average molecular weight is 362 g/mol. The van der Waals surface area contributed by atoms with Crippen LogP contribution in [-0.4, -0.2) is 24.0 Å². The fourth-order valence-electron chi connectivity index (χ4n) is 1.57. The molecule has 2 aromatic rings. The first-order chi connectivity index (χ1) is 9.41. The molecule has 1 aromatic heterocycles. The molecule has 0 saturated carbocycles. The summed E-state index contributed by atoms with van der Waals surface area (Å²) in [7, 11) is -3.39. The zero-order valence-corrected chi connectivity index (χ0v) is 13.1. The van der Waals surface area contributed by atoms with Crippen LogP contribution in [-0.2, 0) is 16.6 Å². The van der Waals surface area contributed by atoms with Gasteiger partial charge in [-0.2, -0.15) is 5.10 Å². The van der Waals surface area contributed by atoms with Gasteiger partial charge in [-0.15, -0.1) is 0 Å². The Morgan fingerprint density at radius 3 is 2.75 bits per heavy atom. The molecule has 20 heavy (non-hydrogen) atoms. The van der Waals surface area contributed by atoms with Gasteiger partial charge in [0.15, 0.2) is 5.82 Å². The summed E-state index contributed by atoms with van der Waals surface area (Å²) in [6, 6.07) is 6.37. The Kier molecular flexibility index (Phi) is 4.44. The Morgan fingerprint density at radius 2 is 2.10 bits per heavy atom. The van der Waals surface area contributed by atoms with Crippen molar-refractivity contribution in [3.8, 4) is 0 Å². The van der Waals surface area contributed by atoms with Crippen LogP contribution >= 0.6 is 15.9 Å². The maximum atomic E-state index is 13.5. The molecule has 1 heterocycles. The Hall–Kier alpha value is -1.41. The van der Waals surface area contributed by atoms with E-state index in [1.807, 2.05) is 0 Å². The van der Waals surface area contributed by atoms with Gasteiger partial charge in [-0.1, -0.05) is 18.2 Å². The number of nitrogens with one attached hydrogen (secondary N) is 1. The fraction of sp³-hybridized carbons (Fsp3) is 0.250. The summed E-state index contributed by atoms with van der Waals surface area (Å²) in [6.07, 6.45) is 1.60. The zero-order chi connectivity index (χ0) is 14.8. The van der Waals surface area contributed by atoms with Crippen LogP contribution in [0.4, 0.5) is 10.2 Å². The van der Waals surface area contributed by atoms with Crippen LogP contribution in [0.25, 0.3) is 0 Å². The largest absolute Gasteiger partial charge is 0.265 e. The molecule has 0 unspecified atom stereocenters. The molecule has 0 aliphatic carbocycles. The first-order valence-corrected chi connectivity index (χ1v) is 8.32. The molecule has 108 valence electrons. The number of nitrogens with zero attached hydrogens (tertiary/aromatic N) is 2. The minimum absolute atomic E-state index is 0.0421. The Bertz CT molecular complexity index is 715. The normalized spacial score (nSPS) is 11.6. The quantitative estimate of drug-likeness (QED) is 0.889. The highest BCUT2D eigenvalue weighted by atomic mass is 79.9. The van der Waals surface area contributed by atoms with Crippen LogP contribution < -0.4 is 4.72 Å². The van der Waals surface area contributed by atoms with E-state index in [2.05, 4.69) is 25.8 Å². The van der Waals surface area contributed by atoms with E-state index in [0.29, 0.717) is 10.0 Å². The minimum atomic E-state index is -3.39. The molecule has 0 bridgehead atoms. The molecule has 0 aliphatic rings. The second kappa shape index (κ2) is 5.92. The molecule has 8 heteroatoms. The summed E-state index contributed by atoms with van der Waals surface area (Å²) in [5, 5.41) is 4.09. The Morgan fingerprint density at radius 1 is 1.40 bits per heavy atom. The number of hydrogen-bond acceptors (Lipinski definition) is 3. The minimum Gasteiger partial charge on any atom is -0.265 e. The van der Waals surface area contributed by atoms with E-state index in [1.165, 1.54) is 17.7 Å². The van der Waals surface area contributed by atoms with Gasteiger partial charge >= 0.3 is 0 Å². The number of halogens is 2. The van der Waals surface area contributed by atoms with Crippen molar-refractivity contribution in [3.63, 3.8) is 0 Å². The van der Waals surface area contributed by atoms with Gasteiger partial charge in [-0.3, -0.25) is 9.40 Å². The fourth-order valence-corrected chi connectivity index (χ4v) is 2.70. The molecule has 0 amide bonds. The Labute approximate surface area is 125 Å². The van der Waals surface area contributed by atoms with Crippen molar-refractivity contribution in [3.05, 3.63) is 46.3 Å². The predicted molar refractivity (Wildman–Crippen MR) is 78.5 cm³/mol. The van der Waals surface area contributed by atoms with E-state index in [-0.39, 0.29) is 23.9 Å². The molecule has 0 spiro atoms. The van der Waals surface area contributed by atoms with Crippen molar-refractivity contribution >= 4 is 31.8 Å². The topological polar surface area (TPSA) is 64.0 Å². The molecule has 1 N–H and O–H groups in total. The van der Waals surface area contributed by atoms with Gasteiger partial charge in [0.05, 0.1) is 16.8 Å². The van der Waals surface area contributed by atoms with Crippen LogP contribution in [0.5, 0.6) is 0 Å². The summed E-state index contributed by atoms with van der Waals surface area (Å²) >= 11 is 3.23. The highest BCUT2D eigenvalue weighted by molar-refractivity contribution is 9.10. The summed E-state index contributed by atoms with van der Waals surface area (Å²) in [5.74, 6) is -0.169. The van der Waals surface area contributed by atoms with E-state index in [4.69, 9.17) is 0 Å². The van der Waals surface area contributed by atoms with Crippen molar-refractivity contribution in [1.29, 1.82) is 0 Å². The first kappa shape index (κ1) is 15.0. The number of benzene rings is 1. The number of aromatic nitrogens is 2. The highest BCUT2D eigenvalue weighted by Gasteiger charge is 2.14. The van der Waals surface area contributed by atoms with Crippen molar-refractivity contribution in [2.24, 2.45) is 0 Å².